The summed E-state index contributed by atoms with van der Waals surface area (Å²) in [5.41, 5.74) is -0.261. The fourth-order valence-corrected chi connectivity index (χ4v) is 3.73. The van der Waals surface area contributed by atoms with Crippen molar-refractivity contribution in [2.45, 2.75) is 58.3 Å². The predicted molar refractivity (Wildman–Crippen MR) is 117 cm³/mol. The van der Waals surface area contributed by atoms with E-state index in [0.29, 0.717) is 6.42 Å². The molecule has 11 heteroatoms. The highest BCUT2D eigenvalue weighted by Crippen LogP contribution is 2.33. The van der Waals surface area contributed by atoms with Gasteiger partial charge in [-0.15, -0.1) is 0 Å². The molecule has 34 heavy (non-hydrogen) atoms. The van der Waals surface area contributed by atoms with E-state index in [9.17, 15) is 24.0 Å². The van der Waals surface area contributed by atoms with E-state index in [1.54, 1.807) is 0 Å². The molecule has 1 saturated heterocycles. The molecule has 2 heterocycles. The molecule has 4 atom stereocenters. The summed E-state index contributed by atoms with van der Waals surface area (Å²) in [5.74, 6) is -1.97. The Kier molecular flexibility index (Phi) is 8.00. The topological polar surface area (TPSA) is 132 Å². The van der Waals surface area contributed by atoms with Gasteiger partial charge in [0, 0.05) is 39.6 Å². The van der Waals surface area contributed by atoms with Crippen molar-refractivity contribution in [2.24, 2.45) is 0 Å². The summed E-state index contributed by atoms with van der Waals surface area (Å²) in [6.07, 6.45) is -2.96. The minimum Gasteiger partial charge on any atom is -0.463 e. The third kappa shape index (κ3) is 5.98. The van der Waals surface area contributed by atoms with Crippen LogP contribution in [0, 0.1) is 0 Å². The Bertz CT molecular complexity index is 1160. The van der Waals surface area contributed by atoms with E-state index >= 15 is 0 Å². The molecule has 0 amide bonds. The quantitative estimate of drug-likeness (QED) is 0.398. The number of nitrogens with zero attached hydrogens (tertiary/aromatic N) is 2. The Balaban J connectivity index is 1.96. The van der Waals surface area contributed by atoms with Crippen LogP contribution in [0.2, 0.25) is 0 Å². The van der Waals surface area contributed by atoms with Gasteiger partial charge in [0.15, 0.2) is 18.4 Å². The first kappa shape index (κ1) is 24.9. The Labute approximate surface area is 194 Å². The van der Waals surface area contributed by atoms with Crippen LogP contribution in [0.1, 0.15) is 32.6 Å². The maximum atomic E-state index is 13.2. The molecule has 1 aliphatic heterocycles. The predicted octanol–water partition coefficient (Wildman–Crippen LogP) is 0.577. The largest absolute Gasteiger partial charge is 0.463 e. The van der Waals surface area contributed by atoms with Crippen molar-refractivity contribution in [3.8, 4) is 0 Å². The van der Waals surface area contributed by atoms with E-state index in [1.165, 1.54) is 19.2 Å². The van der Waals surface area contributed by atoms with Gasteiger partial charge in [-0.2, -0.15) is 0 Å². The first-order valence-corrected chi connectivity index (χ1v) is 10.7. The van der Waals surface area contributed by atoms with Crippen LogP contribution in [0.3, 0.4) is 0 Å². The van der Waals surface area contributed by atoms with E-state index < -0.39 is 53.7 Å². The van der Waals surface area contributed by atoms with Crippen molar-refractivity contribution in [1.29, 1.82) is 0 Å². The van der Waals surface area contributed by atoms with Crippen molar-refractivity contribution in [3.05, 3.63) is 69.0 Å². The average molecular weight is 474 g/mol. The minimum absolute atomic E-state index is 0.109. The van der Waals surface area contributed by atoms with Crippen molar-refractivity contribution in [3.63, 3.8) is 0 Å². The second kappa shape index (κ2) is 10.9. The van der Waals surface area contributed by atoms with Gasteiger partial charge in [-0.1, -0.05) is 30.3 Å². The molecule has 0 radical (unpaired) electrons. The molecule has 3 unspecified atom stereocenters. The first-order valence-electron chi connectivity index (χ1n) is 10.7. The summed E-state index contributed by atoms with van der Waals surface area (Å²) in [7, 11) is 0. The van der Waals surface area contributed by atoms with Crippen LogP contribution < -0.4 is 11.2 Å². The number of carbonyl (C=O) groups is 3. The van der Waals surface area contributed by atoms with Crippen LogP contribution in [0.4, 0.5) is 0 Å². The van der Waals surface area contributed by atoms with Gasteiger partial charge in [-0.05, 0) is 12.0 Å². The van der Waals surface area contributed by atoms with Crippen LogP contribution in [-0.2, 0) is 46.3 Å². The van der Waals surface area contributed by atoms with Crippen molar-refractivity contribution in [1.82, 2.24) is 9.13 Å². The molecule has 182 valence electrons. The summed E-state index contributed by atoms with van der Waals surface area (Å²) in [5, 5.41) is 0. The number of esters is 3. The summed E-state index contributed by atoms with van der Waals surface area (Å²) in [6, 6.07) is 10.5. The van der Waals surface area contributed by atoms with E-state index in [2.05, 4.69) is 0 Å². The molecule has 0 spiro atoms. The Morgan fingerprint density at radius 3 is 2.18 bits per heavy atom. The fourth-order valence-electron chi connectivity index (χ4n) is 3.73. The summed E-state index contributed by atoms with van der Waals surface area (Å²) in [4.78, 5) is 60.5. The number of hydrogen-bond donors (Lipinski definition) is 0. The number of aromatic nitrogens is 2. The Morgan fingerprint density at radius 1 is 0.912 bits per heavy atom. The van der Waals surface area contributed by atoms with Gasteiger partial charge < -0.3 is 18.9 Å². The van der Waals surface area contributed by atoms with E-state index in [1.807, 2.05) is 30.3 Å². The third-order valence-electron chi connectivity index (χ3n) is 5.18. The standard InChI is InChI=1S/C23H26N2O9/c1-14(26)31-13-18-20(32-15(2)27)21(33-16(3)28)22(34-18)25-12-10-19(29)24(23(25)30)11-9-17-7-5-4-6-8-17/h4-8,10,12,18,20-22H,9,11,13H2,1-3H3/t18?,20?,21-,22?/m0/s1. The number of hydrogen-bond acceptors (Lipinski definition) is 9. The zero-order chi connectivity index (χ0) is 24.8. The molecule has 0 saturated carbocycles. The minimum atomic E-state index is -1.23. The molecular weight excluding hydrogens is 448 g/mol. The maximum absolute atomic E-state index is 13.2. The van der Waals surface area contributed by atoms with E-state index in [-0.39, 0.29) is 13.2 Å². The fraction of sp³-hybridized carbons (Fsp3) is 0.435. The molecule has 3 rings (SSSR count). The van der Waals surface area contributed by atoms with Crippen molar-refractivity contribution < 1.29 is 33.3 Å². The van der Waals surface area contributed by atoms with Gasteiger partial charge in [0.05, 0.1) is 0 Å². The lowest BCUT2D eigenvalue weighted by Crippen LogP contribution is -2.45. The number of aryl methyl sites for hydroxylation is 1. The Hall–Kier alpha value is -3.73. The highest BCUT2D eigenvalue weighted by molar-refractivity contribution is 5.68. The molecular formula is C23H26N2O9. The maximum Gasteiger partial charge on any atom is 0.333 e. The van der Waals surface area contributed by atoms with Gasteiger partial charge in [0.2, 0.25) is 0 Å². The van der Waals surface area contributed by atoms with Gasteiger partial charge in [-0.25, -0.2) is 4.79 Å². The zero-order valence-electron chi connectivity index (χ0n) is 19.0. The van der Waals surface area contributed by atoms with Crippen LogP contribution in [0.5, 0.6) is 0 Å². The number of carbonyl (C=O) groups excluding carboxylic acids is 3. The lowest BCUT2D eigenvalue weighted by Gasteiger charge is -2.24. The molecule has 0 N–H and O–H groups in total. The van der Waals surface area contributed by atoms with Crippen molar-refractivity contribution in [2.75, 3.05) is 6.61 Å². The summed E-state index contributed by atoms with van der Waals surface area (Å²) < 4.78 is 23.7. The number of rotatable bonds is 8. The number of benzene rings is 1. The summed E-state index contributed by atoms with van der Waals surface area (Å²) in [6.45, 7) is 3.33. The Morgan fingerprint density at radius 2 is 1.56 bits per heavy atom. The molecule has 0 bridgehead atoms. The van der Waals surface area contributed by atoms with E-state index in [4.69, 9.17) is 18.9 Å². The second-order valence-corrected chi connectivity index (χ2v) is 7.75. The SMILES string of the molecule is CC(=O)OCC1OC(n2ccc(=O)n(CCc3ccccc3)c2=O)[C@@H](OC(C)=O)C1OC(C)=O. The van der Waals surface area contributed by atoms with Crippen LogP contribution in [0.25, 0.3) is 0 Å². The zero-order valence-corrected chi connectivity index (χ0v) is 19.0. The van der Waals surface area contributed by atoms with E-state index in [0.717, 1.165) is 28.5 Å². The highest BCUT2D eigenvalue weighted by Gasteiger charge is 2.51. The van der Waals surface area contributed by atoms with Gasteiger partial charge in [0.25, 0.3) is 5.56 Å². The molecule has 1 aromatic heterocycles. The van der Waals surface area contributed by atoms with Gasteiger partial charge in [0.1, 0.15) is 12.7 Å². The lowest BCUT2D eigenvalue weighted by molar-refractivity contribution is -0.166. The normalized spacial score (nSPS) is 21.6. The molecule has 1 aliphatic rings. The molecule has 1 fully saturated rings. The first-order chi connectivity index (χ1) is 16.2. The van der Waals surface area contributed by atoms with Crippen molar-refractivity contribution >= 4 is 17.9 Å². The second-order valence-electron chi connectivity index (χ2n) is 7.75. The van der Waals surface area contributed by atoms with Crippen LogP contribution in [0.15, 0.2) is 52.2 Å². The lowest BCUT2D eigenvalue weighted by atomic mass is 10.1. The molecule has 1 aromatic carbocycles. The van der Waals surface area contributed by atoms with Crippen LogP contribution in [-0.4, -0.2) is 52.0 Å². The van der Waals surface area contributed by atoms with Gasteiger partial charge >= 0.3 is 23.6 Å². The van der Waals surface area contributed by atoms with Crippen LogP contribution >= 0.6 is 0 Å². The third-order valence-corrected chi connectivity index (χ3v) is 5.18. The number of ether oxygens (including phenoxy) is 4. The van der Waals surface area contributed by atoms with Gasteiger partial charge in [-0.3, -0.25) is 28.3 Å². The summed E-state index contributed by atoms with van der Waals surface area (Å²) >= 11 is 0. The monoisotopic (exact) mass is 474 g/mol. The highest BCUT2D eigenvalue weighted by atomic mass is 16.7. The molecule has 2 aromatic rings. The average Bonchev–Trinajstić information content (AvgIpc) is 3.08. The molecule has 0 aliphatic carbocycles. The molecule has 11 nitrogen and oxygen atoms in total. The smallest absolute Gasteiger partial charge is 0.333 e.